The SMILES string of the molecule is CCN(c1ccc(C(=O)NCc2ccc(CN3CCN(C)CC3)cc2)cc1)C(C)C. The van der Waals surface area contributed by atoms with Crippen LogP contribution in [0.25, 0.3) is 0 Å². The number of hydrogen-bond acceptors (Lipinski definition) is 4. The molecule has 0 aromatic heterocycles. The number of hydrogen-bond donors (Lipinski definition) is 1. The van der Waals surface area contributed by atoms with E-state index in [1.54, 1.807) is 0 Å². The first-order valence-electron chi connectivity index (χ1n) is 11.1. The van der Waals surface area contributed by atoms with E-state index in [9.17, 15) is 4.79 Å². The highest BCUT2D eigenvalue weighted by Crippen LogP contribution is 2.18. The van der Waals surface area contributed by atoms with E-state index in [0.717, 1.165) is 50.5 Å². The molecule has 0 spiro atoms. The summed E-state index contributed by atoms with van der Waals surface area (Å²) in [6.07, 6.45) is 0. The van der Waals surface area contributed by atoms with Gasteiger partial charge in [-0.15, -0.1) is 0 Å². The first kappa shape index (κ1) is 22.3. The molecule has 1 fully saturated rings. The van der Waals surface area contributed by atoms with Gasteiger partial charge in [0, 0.05) is 63.1 Å². The van der Waals surface area contributed by atoms with Crippen LogP contribution in [0.5, 0.6) is 0 Å². The fourth-order valence-corrected chi connectivity index (χ4v) is 3.96. The summed E-state index contributed by atoms with van der Waals surface area (Å²) in [6, 6.07) is 16.9. The molecule has 2 aromatic carbocycles. The Morgan fingerprint density at radius 1 is 0.967 bits per heavy atom. The quantitative estimate of drug-likeness (QED) is 0.724. The van der Waals surface area contributed by atoms with Crippen molar-refractivity contribution in [3.8, 4) is 0 Å². The molecule has 1 heterocycles. The maximum atomic E-state index is 12.5. The summed E-state index contributed by atoms with van der Waals surface area (Å²) < 4.78 is 0. The van der Waals surface area contributed by atoms with Crippen LogP contribution >= 0.6 is 0 Å². The maximum Gasteiger partial charge on any atom is 0.251 e. The normalized spacial score (nSPS) is 15.4. The molecule has 162 valence electrons. The average Bonchev–Trinajstić information content (AvgIpc) is 2.75. The second-order valence-electron chi connectivity index (χ2n) is 8.51. The zero-order valence-electron chi connectivity index (χ0n) is 18.9. The third kappa shape index (κ3) is 6.07. The Balaban J connectivity index is 1.49. The van der Waals surface area contributed by atoms with Crippen LogP contribution in [0.4, 0.5) is 5.69 Å². The van der Waals surface area contributed by atoms with E-state index >= 15 is 0 Å². The van der Waals surface area contributed by atoms with Crippen LogP contribution in [-0.2, 0) is 13.1 Å². The lowest BCUT2D eigenvalue weighted by molar-refractivity contribution is 0.0951. The molecule has 30 heavy (non-hydrogen) atoms. The summed E-state index contributed by atoms with van der Waals surface area (Å²) in [6.45, 7) is 13.5. The van der Waals surface area contributed by atoms with Crippen molar-refractivity contribution < 1.29 is 4.79 Å². The second kappa shape index (κ2) is 10.6. The largest absolute Gasteiger partial charge is 0.369 e. The molecule has 3 rings (SSSR count). The molecule has 0 saturated carbocycles. The van der Waals surface area contributed by atoms with Gasteiger partial charge in [0.2, 0.25) is 0 Å². The zero-order valence-corrected chi connectivity index (χ0v) is 18.9. The van der Waals surface area contributed by atoms with Crippen molar-refractivity contribution in [3.63, 3.8) is 0 Å². The molecule has 5 nitrogen and oxygen atoms in total. The van der Waals surface area contributed by atoms with Crippen molar-refractivity contribution in [3.05, 3.63) is 65.2 Å². The van der Waals surface area contributed by atoms with Crippen molar-refractivity contribution in [2.75, 3.05) is 44.7 Å². The number of amides is 1. The number of carbonyl (C=O) groups excluding carboxylic acids is 1. The van der Waals surface area contributed by atoms with Gasteiger partial charge in [-0.2, -0.15) is 0 Å². The standard InChI is InChI=1S/C25H36N4O/c1-5-29(20(2)3)24-12-10-23(11-13-24)25(30)26-18-21-6-8-22(9-7-21)19-28-16-14-27(4)15-17-28/h6-13,20H,5,14-19H2,1-4H3,(H,26,30). The van der Waals surface area contributed by atoms with E-state index in [0.29, 0.717) is 18.2 Å². The molecule has 1 aliphatic heterocycles. The highest BCUT2D eigenvalue weighted by molar-refractivity contribution is 5.94. The van der Waals surface area contributed by atoms with Crippen molar-refractivity contribution in [1.29, 1.82) is 0 Å². The molecular formula is C25H36N4O. The number of likely N-dealkylation sites (N-methyl/N-ethyl adjacent to an activating group) is 1. The number of carbonyl (C=O) groups is 1. The molecule has 2 aromatic rings. The molecule has 1 aliphatic rings. The van der Waals surface area contributed by atoms with Gasteiger partial charge in [-0.3, -0.25) is 9.69 Å². The Morgan fingerprint density at radius 2 is 1.57 bits per heavy atom. The van der Waals surface area contributed by atoms with Crippen LogP contribution in [0.1, 0.15) is 42.3 Å². The van der Waals surface area contributed by atoms with E-state index in [1.807, 2.05) is 24.3 Å². The molecule has 0 atom stereocenters. The Kier molecular flexibility index (Phi) is 7.88. The smallest absolute Gasteiger partial charge is 0.251 e. The fourth-order valence-electron chi connectivity index (χ4n) is 3.96. The van der Waals surface area contributed by atoms with E-state index in [-0.39, 0.29) is 5.91 Å². The van der Waals surface area contributed by atoms with Crippen molar-refractivity contribution in [2.24, 2.45) is 0 Å². The van der Waals surface area contributed by atoms with Crippen LogP contribution < -0.4 is 10.2 Å². The van der Waals surface area contributed by atoms with Gasteiger partial charge >= 0.3 is 0 Å². The number of anilines is 1. The number of rotatable bonds is 8. The van der Waals surface area contributed by atoms with E-state index in [2.05, 4.69) is 72.1 Å². The van der Waals surface area contributed by atoms with Crippen LogP contribution in [-0.4, -0.2) is 61.5 Å². The number of benzene rings is 2. The Labute approximate surface area is 181 Å². The number of nitrogens with zero attached hydrogens (tertiary/aromatic N) is 3. The van der Waals surface area contributed by atoms with Gasteiger partial charge in [-0.25, -0.2) is 0 Å². The third-order valence-corrected chi connectivity index (χ3v) is 5.90. The molecule has 5 heteroatoms. The Bertz CT molecular complexity index is 793. The van der Waals surface area contributed by atoms with Crippen LogP contribution in [0.2, 0.25) is 0 Å². The second-order valence-corrected chi connectivity index (χ2v) is 8.51. The van der Waals surface area contributed by atoms with Gasteiger partial charge in [-0.05, 0) is 63.2 Å². The van der Waals surface area contributed by atoms with Crippen molar-refractivity contribution in [1.82, 2.24) is 15.1 Å². The summed E-state index contributed by atoms with van der Waals surface area (Å²) in [7, 11) is 2.18. The van der Waals surface area contributed by atoms with Gasteiger partial charge in [0.05, 0.1) is 0 Å². The Morgan fingerprint density at radius 3 is 2.13 bits per heavy atom. The van der Waals surface area contributed by atoms with Crippen molar-refractivity contribution in [2.45, 2.75) is 39.9 Å². The van der Waals surface area contributed by atoms with Crippen LogP contribution in [0, 0.1) is 0 Å². The fraction of sp³-hybridized carbons (Fsp3) is 0.480. The summed E-state index contributed by atoms with van der Waals surface area (Å²) in [5.74, 6) is -0.0318. The highest BCUT2D eigenvalue weighted by atomic mass is 16.1. The van der Waals surface area contributed by atoms with Crippen molar-refractivity contribution >= 4 is 11.6 Å². The number of nitrogens with one attached hydrogen (secondary N) is 1. The minimum atomic E-state index is -0.0318. The summed E-state index contributed by atoms with van der Waals surface area (Å²) in [5, 5.41) is 3.04. The lowest BCUT2D eigenvalue weighted by atomic mass is 10.1. The summed E-state index contributed by atoms with van der Waals surface area (Å²) in [5.41, 5.74) is 4.31. The summed E-state index contributed by atoms with van der Waals surface area (Å²) in [4.78, 5) is 19.7. The molecule has 0 unspecified atom stereocenters. The predicted octanol–water partition coefficient (Wildman–Crippen LogP) is 3.60. The first-order chi connectivity index (χ1) is 14.5. The van der Waals surface area contributed by atoms with Crippen LogP contribution in [0.3, 0.4) is 0 Å². The molecule has 0 aliphatic carbocycles. The van der Waals surface area contributed by atoms with Gasteiger partial charge in [-0.1, -0.05) is 24.3 Å². The van der Waals surface area contributed by atoms with Gasteiger partial charge < -0.3 is 15.1 Å². The van der Waals surface area contributed by atoms with E-state index in [4.69, 9.17) is 0 Å². The Hall–Kier alpha value is -2.37. The third-order valence-electron chi connectivity index (χ3n) is 5.90. The first-order valence-corrected chi connectivity index (χ1v) is 11.1. The van der Waals surface area contributed by atoms with E-state index in [1.165, 1.54) is 5.56 Å². The minimum absolute atomic E-state index is 0.0318. The minimum Gasteiger partial charge on any atom is -0.369 e. The highest BCUT2D eigenvalue weighted by Gasteiger charge is 2.14. The zero-order chi connectivity index (χ0) is 21.5. The summed E-state index contributed by atoms with van der Waals surface area (Å²) >= 11 is 0. The monoisotopic (exact) mass is 408 g/mol. The maximum absolute atomic E-state index is 12.5. The lowest BCUT2D eigenvalue weighted by Gasteiger charge is -2.32. The predicted molar refractivity (Wildman–Crippen MR) is 125 cm³/mol. The van der Waals surface area contributed by atoms with Crippen LogP contribution in [0.15, 0.2) is 48.5 Å². The molecule has 0 bridgehead atoms. The van der Waals surface area contributed by atoms with E-state index < -0.39 is 0 Å². The molecule has 1 N–H and O–H groups in total. The molecular weight excluding hydrogens is 372 g/mol. The average molecular weight is 409 g/mol. The number of piperazine rings is 1. The topological polar surface area (TPSA) is 38.8 Å². The van der Waals surface area contributed by atoms with Gasteiger partial charge in [0.1, 0.15) is 0 Å². The van der Waals surface area contributed by atoms with Gasteiger partial charge in [0.15, 0.2) is 0 Å². The molecule has 1 saturated heterocycles. The lowest BCUT2D eigenvalue weighted by Crippen LogP contribution is -2.43. The molecule has 1 amide bonds. The molecule has 0 radical (unpaired) electrons. The van der Waals surface area contributed by atoms with Gasteiger partial charge in [0.25, 0.3) is 5.91 Å².